The molecule has 1 atom stereocenters. The summed E-state index contributed by atoms with van der Waals surface area (Å²) >= 11 is 0. The number of sulfonamides is 1. The maximum Gasteiger partial charge on any atom is 0.350 e. The molecule has 3 N–H and O–H groups in total. The summed E-state index contributed by atoms with van der Waals surface area (Å²) in [5.74, 6) is 0. The number of unbranched alkanes of at least 4 members (excludes halogenated alkanes) is 2. The van der Waals surface area contributed by atoms with Crippen molar-refractivity contribution >= 4 is 15.7 Å². The molecule has 11 heteroatoms. The van der Waals surface area contributed by atoms with Crippen molar-refractivity contribution < 1.29 is 13.5 Å². The SMILES string of the molecule is CCCCCn1cnn(-c2ccc(S(=O)(=O)Nc3ccc(CCNCC(O)c4cccnc4)cc3)cc2)c1=O. The van der Waals surface area contributed by atoms with Crippen LogP contribution in [0.5, 0.6) is 0 Å². The lowest BCUT2D eigenvalue weighted by molar-refractivity contribution is 0.174. The first kappa shape index (κ1) is 28.2. The van der Waals surface area contributed by atoms with E-state index in [-0.39, 0.29) is 10.6 Å². The van der Waals surface area contributed by atoms with E-state index in [2.05, 4.69) is 27.0 Å². The van der Waals surface area contributed by atoms with Gasteiger partial charge in [-0.2, -0.15) is 9.78 Å². The zero-order chi connectivity index (χ0) is 27.7. The van der Waals surface area contributed by atoms with Crippen LogP contribution in [-0.2, 0) is 23.0 Å². The predicted molar refractivity (Wildman–Crippen MR) is 150 cm³/mol. The average Bonchev–Trinajstić information content (AvgIpc) is 3.32. The van der Waals surface area contributed by atoms with Crippen molar-refractivity contribution in [2.24, 2.45) is 0 Å². The second-order valence-corrected chi connectivity index (χ2v) is 11.0. The number of pyridine rings is 1. The molecule has 206 valence electrons. The molecule has 0 saturated carbocycles. The Morgan fingerprint density at radius 3 is 2.49 bits per heavy atom. The van der Waals surface area contributed by atoms with Crippen LogP contribution in [0.2, 0.25) is 0 Å². The molecule has 2 aromatic heterocycles. The molecule has 0 spiro atoms. The Morgan fingerprint density at radius 1 is 1.03 bits per heavy atom. The van der Waals surface area contributed by atoms with Crippen LogP contribution in [0, 0.1) is 0 Å². The number of aliphatic hydroxyl groups is 1. The minimum Gasteiger partial charge on any atom is -0.387 e. The van der Waals surface area contributed by atoms with Crippen molar-refractivity contribution in [1.29, 1.82) is 0 Å². The van der Waals surface area contributed by atoms with Gasteiger partial charge in [0.2, 0.25) is 0 Å². The maximum atomic E-state index is 12.9. The molecular formula is C28H34N6O4S. The fourth-order valence-corrected chi connectivity index (χ4v) is 5.14. The number of hydrogen-bond donors (Lipinski definition) is 3. The van der Waals surface area contributed by atoms with Crippen LogP contribution in [0.1, 0.15) is 43.4 Å². The van der Waals surface area contributed by atoms with Crippen molar-refractivity contribution in [1.82, 2.24) is 24.6 Å². The molecule has 10 nitrogen and oxygen atoms in total. The van der Waals surface area contributed by atoms with Gasteiger partial charge < -0.3 is 10.4 Å². The molecule has 2 aromatic carbocycles. The Balaban J connectivity index is 1.30. The number of anilines is 1. The van der Waals surface area contributed by atoms with Crippen molar-refractivity contribution in [3.63, 3.8) is 0 Å². The van der Waals surface area contributed by atoms with Crippen LogP contribution in [0.25, 0.3) is 5.69 Å². The molecule has 0 fully saturated rings. The van der Waals surface area contributed by atoms with Crippen LogP contribution in [0.15, 0.2) is 89.1 Å². The van der Waals surface area contributed by atoms with Crippen molar-refractivity contribution in [3.05, 3.63) is 101 Å². The smallest absolute Gasteiger partial charge is 0.350 e. The molecule has 0 saturated heterocycles. The van der Waals surface area contributed by atoms with Crippen molar-refractivity contribution in [2.75, 3.05) is 17.8 Å². The Morgan fingerprint density at radius 2 is 1.79 bits per heavy atom. The maximum absolute atomic E-state index is 12.9. The number of nitrogens with zero attached hydrogens (tertiary/aromatic N) is 4. The lowest BCUT2D eigenvalue weighted by atomic mass is 10.1. The molecule has 2 heterocycles. The number of benzene rings is 2. The number of hydrogen-bond acceptors (Lipinski definition) is 7. The minimum atomic E-state index is -3.81. The predicted octanol–water partition coefficient (Wildman–Crippen LogP) is 3.29. The van der Waals surface area contributed by atoms with Gasteiger partial charge in [0.05, 0.1) is 16.7 Å². The van der Waals surface area contributed by atoms with E-state index in [0.717, 1.165) is 36.8 Å². The zero-order valence-electron chi connectivity index (χ0n) is 21.9. The highest BCUT2D eigenvalue weighted by Crippen LogP contribution is 2.18. The molecule has 39 heavy (non-hydrogen) atoms. The summed E-state index contributed by atoms with van der Waals surface area (Å²) in [5.41, 5.74) is 2.49. The van der Waals surface area contributed by atoms with Crippen molar-refractivity contribution in [2.45, 2.75) is 50.2 Å². The van der Waals surface area contributed by atoms with Gasteiger partial charge in [0.25, 0.3) is 10.0 Å². The summed E-state index contributed by atoms with van der Waals surface area (Å²) in [4.78, 5) is 16.7. The summed E-state index contributed by atoms with van der Waals surface area (Å²) < 4.78 is 31.2. The van der Waals surface area contributed by atoms with E-state index in [9.17, 15) is 18.3 Å². The molecule has 1 unspecified atom stereocenters. The number of rotatable bonds is 14. The largest absolute Gasteiger partial charge is 0.387 e. The number of aryl methyl sites for hydroxylation is 1. The average molecular weight is 551 g/mol. The number of aliphatic hydroxyl groups excluding tert-OH is 1. The van der Waals surface area contributed by atoms with E-state index < -0.39 is 16.1 Å². The van der Waals surface area contributed by atoms with Gasteiger partial charge in [-0.25, -0.2) is 13.2 Å². The van der Waals surface area contributed by atoms with Crippen LogP contribution in [-0.4, -0.2) is 45.9 Å². The third kappa shape index (κ3) is 7.62. The molecule has 4 rings (SSSR count). The third-order valence-corrected chi connectivity index (χ3v) is 7.73. The summed E-state index contributed by atoms with van der Waals surface area (Å²) in [6.45, 7) is 3.78. The number of aromatic nitrogens is 4. The van der Waals surface area contributed by atoms with Gasteiger partial charge >= 0.3 is 5.69 Å². The fraction of sp³-hybridized carbons (Fsp3) is 0.321. The van der Waals surface area contributed by atoms with Gasteiger partial charge in [-0.15, -0.1) is 0 Å². The standard InChI is InChI=1S/C28H34N6O4S/c1-2-3-4-18-33-21-31-34(28(33)36)25-11-13-26(14-12-25)39(37,38)32-24-9-7-22(8-10-24)15-17-30-20-27(35)23-6-5-16-29-19-23/h5-14,16,19,21,27,30,32,35H,2-4,15,17-18,20H2,1H3. The minimum absolute atomic E-state index is 0.0853. The second kappa shape index (κ2) is 13.3. The van der Waals surface area contributed by atoms with Crippen LogP contribution >= 0.6 is 0 Å². The molecule has 0 aliphatic carbocycles. The lowest BCUT2D eigenvalue weighted by Crippen LogP contribution is -2.24. The molecule has 0 amide bonds. The third-order valence-electron chi connectivity index (χ3n) is 6.33. The van der Waals surface area contributed by atoms with E-state index in [4.69, 9.17) is 0 Å². The Bertz CT molecular complexity index is 1480. The van der Waals surface area contributed by atoms with Crippen LogP contribution in [0.3, 0.4) is 0 Å². The summed E-state index contributed by atoms with van der Waals surface area (Å²) in [7, 11) is -3.81. The van der Waals surface area contributed by atoms with Gasteiger partial charge in [-0.05, 0) is 67.4 Å². The monoisotopic (exact) mass is 550 g/mol. The van der Waals surface area contributed by atoms with Gasteiger partial charge in [0.1, 0.15) is 6.33 Å². The highest BCUT2D eigenvalue weighted by Gasteiger charge is 2.15. The van der Waals surface area contributed by atoms with Crippen molar-refractivity contribution in [3.8, 4) is 5.69 Å². The first-order valence-corrected chi connectivity index (χ1v) is 14.5. The zero-order valence-corrected chi connectivity index (χ0v) is 22.7. The highest BCUT2D eigenvalue weighted by atomic mass is 32.2. The molecule has 0 aliphatic rings. The van der Waals surface area contributed by atoms with E-state index in [1.165, 1.54) is 23.1 Å². The Labute approximate surface area is 228 Å². The summed E-state index contributed by atoms with van der Waals surface area (Å²) in [6.07, 6.45) is 7.92. The lowest BCUT2D eigenvalue weighted by Gasteiger charge is -2.12. The van der Waals surface area contributed by atoms with E-state index in [1.807, 2.05) is 18.2 Å². The van der Waals surface area contributed by atoms with Gasteiger partial charge in [0.15, 0.2) is 0 Å². The first-order chi connectivity index (χ1) is 18.9. The Hall–Kier alpha value is -3.80. The molecule has 0 radical (unpaired) electrons. The highest BCUT2D eigenvalue weighted by molar-refractivity contribution is 7.92. The summed E-state index contributed by atoms with van der Waals surface area (Å²) in [6, 6.07) is 16.8. The molecule has 0 bridgehead atoms. The van der Waals surface area contributed by atoms with Crippen LogP contribution < -0.4 is 15.7 Å². The summed E-state index contributed by atoms with van der Waals surface area (Å²) in [5, 5.41) is 17.6. The van der Waals surface area contributed by atoms with Crippen LogP contribution in [0.4, 0.5) is 5.69 Å². The molecule has 0 aliphatic heterocycles. The normalized spacial score (nSPS) is 12.4. The Kier molecular flexibility index (Phi) is 9.64. The molecule has 4 aromatic rings. The van der Waals surface area contributed by atoms with Gasteiger partial charge in [0, 0.05) is 36.7 Å². The van der Waals surface area contributed by atoms with E-state index >= 15 is 0 Å². The first-order valence-electron chi connectivity index (χ1n) is 13.0. The van der Waals surface area contributed by atoms with Gasteiger partial charge in [-0.1, -0.05) is 38.0 Å². The fourth-order valence-electron chi connectivity index (χ4n) is 4.08. The van der Waals surface area contributed by atoms with E-state index in [1.54, 1.807) is 47.3 Å². The quantitative estimate of drug-likeness (QED) is 0.205. The molecular weight excluding hydrogens is 516 g/mol. The number of nitrogens with one attached hydrogen (secondary N) is 2. The topological polar surface area (TPSA) is 131 Å². The van der Waals surface area contributed by atoms with Gasteiger partial charge in [-0.3, -0.25) is 14.3 Å². The second-order valence-electron chi connectivity index (χ2n) is 9.28. The van der Waals surface area contributed by atoms with E-state index in [0.29, 0.717) is 31.0 Å².